The SMILES string of the molecule is CS(=O)(=O)c1cccc(F)c1C1(C(=O)O)CC1. The van der Waals surface area contributed by atoms with Crippen molar-refractivity contribution in [1.29, 1.82) is 0 Å². The zero-order chi connectivity index (χ0) is 12.8. The Labute approximate surface area is 98.0 Å². The molecule has 1 saturated carbocycles. The molecule has 6 heteroatoms. The van der Waals surface area contributed by atoms with Crippen LogP contribution in [0.15, 0.2) is 23.1 Å². The lowest BCUT2D eigenvalue weighted by molar-refractivity contribution is -0.140. The number of sulfone groups is 1. The van der Waals surface area contributed by atoms with Gasteiger partial charge in [-0.2, -0.15) is 0 Å². The molecule has 92 valence electrons. The van der Waals surface area contributed by atoms with E-state index in [1.54, 1.807) is 0 Å². The predicted octanol–water partition coefficient (Wildman–Crippen LogP) is 1.35. The highest BCUT2D eigenvalue weighted by Crippen LogP contribution is 2.51. The first-order valence-electron chi connectivity index (χ1n) is 5.01. The minimum absolute atomic E-state index is 0.199. The molecule has 1 fully saturated rings. The van der Waals surface area contributed by atoms with E-state index in [0.29, 0.717) is 0 Å². The van der Waals surface area contributed by atoms with Gasteiger partial charge in [-0.15, -0.1) is 0 Å². The largest absolute Gasteiger partial charge is 0.481 e. The second-order valence-corrected chi connectivity index (χ2v) is 6.26. The van der Waals surface area contributed by atoms with Crippen LogP contribution < -0.4 is 0 Å². The van der Waals surface area contributed by atoms with Crippen LogP contribution in [0, 0.1) is 5.82 Å². The van der Waals surface area contributed by atoms with Gasteiger partial charge in [-0.25, -0.2) is 12.8 Å². The van der Waals surface area contributed by atoms with Crippen LogP contribution >= 0.6 is 0 Å². The zero-order valence-corrected chi connectivity index (χ0v) is 9.92. The van der Waals surface area contributed by atoms with Crippen LogP contribution in [0.3, 0.4) is 0 Å². The van der Waals surface area contributed by atoms with Crippen LogP contribution in [0.25, 0.3) is 0 Å². The van der Waals surface area contributed by atoms with Crippen molar-refractivity contribution in [2.45, 2.75) is 23.2 Å². The lowest BCUT2D eigenvalue weighted by atomic mass is 9.95. The molecule has 1 aromatic carbocycles. The summed E-state index contributed by atoms with van der Waals surface area (Å²) in [6.07, 6.45) is 1.49. The fourth-order valence-corrected chi connectivity index (χ4v) is 2.96. The number of benzene rings is 1. The minimum atomic E-state index is -3.64. The Morgan fingerprint density at radius 1 is 1.41 bits per heavy atom. The van der Waals surface area contributed by atoms with Gasteiger partial charge in [0.05, 0.1) is 10.3 Å². The molecule has 1 N–H and O–H groups in total. The molecule has 0 bridgehead atoms. The standard InChI is InChI=1S/C11H11FO4S/c1-17(15,16)8-4-2-3-7(12)9(8)11(5-6-11)10(13)14/h2-4H,5-6H2,1H3,(H,13,14). The molecule has 0 unspecified atom stereocenters. The van der Waals surface area contributed by atoms with Gasteiger partial charge in [0.1, 0.15) is 5.82 Å². The number of halogens is 1. The summed E-state index contributed by atoms with van der Waals surface area (Å²) in [4.78, 5) is 10.9. The van der Waals surface area contributed by atoms with Crippen molar-refractivity contribution in [1.82, 2.24) is 0 Å². The van der Waals surface area contributed by atoms with E-state index in [4.69, 9.17) is 5.11 Å². The molecule has 0 atom stereocenters. The van der Waals surface area contributed by atoms with Crippen molar-refractivity contribution in [2.75, 3.05) is 6.26 Å². The van der Waals surface area contributed by atoms with E-state index in [0.717, 1.165) is 12.3 Å². The molecule has 0 aliphatic heterocycles. The van der Waals surface area contributed by atoms with Crippen LogP contribution in [0.1, 0.15) is 18.4 Å². The molecule has 0 heterocycles. The molecular weight excluding hydrogens is 247 g/mol. The molecular formula is C11H11FO4S. The molecule has 0 spiro atoms. The maximum Gasteiger partial charge on any atom is 0.314 e. The Kier molecular flexibility index (Phi) is 2.50. The third-order valence-electron chi connectivity index (χ3n) is 3.01. The normalized spacial score (nSPS) is 17.8. The third-order valence-corrected chi connectivity index (χ3v) is 4.15. The van der Waals surface area contributed by atoms with E-state index >= 15 is 0 Å². The van der Waals surface area contributed by atoms with Gasteiger partial charge in [-0.1, -0.05) is 6.07 Å². The fourth-order valence-electron chi connectivity index (χ4n) is 1.97. The quantitative estimate of drug-likeness (QED) is 0.888. The van der Waals surface area contributed by atoms with Crippen molar-refractivity contribution in [3.8, 4) is 0 Å². The van der Waals surface area contributed by atoms with E-state index in [-0.39, 0.29) is 23.3 Å². The van der Waals surface area contributed by atoms with E-state index in [9.17, 15) is 17.6 Å². The summed E-state index contributed by atoms with van der Waals surface area (Å²) in [5, 5.41) is 9.11. The second kappa shape index (κ2) is 3.53. The lowest BCUT2D eigenvalue weighted by Crippen LogP contribution is -2.24. The van der Waals surface area contributed by atoms with Crippen LogP contribution in [0.5, 0.6) is 0 Å². The van der Waals surface area contributed by atoms with Gasteiger partial charge in [0.2, 0.25) is 0 Å². The number of aliphatic carboxylic acids is 1. The third kappa shape index (κ3) is 1.82. The Bertz CT molecular complexity index is 587. The van der Waals surface area contributed by atoms with Crippen molar-refractivity contribution < 1.29 is 22.7 Å². The Morgan fingerprint density at radius 3 is 2.41 bits per heavy atom. The first-order valence-corrected chi connectivity index (χ1v) is 6.90. The summed E-state index contributed by atoms with van der Waals surface area (Å²) < 4.78 is 36.8. The van der Waals surface area contributed by atoms with Crippen molar-refractivity contribution in [3.05, 3.63) is 29.6 Å². The summed E-state index contributed by atoms with van der Waals surface area (Å²) >= 11 is 0. The highest BCUT2D eigenvalue weighted by molar-refractivity contribution is 7.90. The first-order chi connectivity index (χ1) is 7.79. The molecule has 2 rings (SSSR count). The molecule has 4 nitrogen and oxygen atoms in total. The van der Waals surface area contributed by atoms with Gasteiger partial charge in [-0.05, 0) is 25.0 Å². The minimum Gasteiger partial charge on any atom is -0.481 e. The summed E-state index contributed by atoms with van der Waals surface area (Å²) in [6.45, 7) is 0. The smallest absolute Gasteiger partial charge is 0.314 e. The van der Waals surface area contributed by atoms with Gasteiger partial charge in [0.25, 0.3) is 0 Å². The average Bonchev–Trinajstić information content (AvgIpc) is 2.96. The second-order valence-electron chi connectivity index (χ2n) is 4.27. The van der Waals surface area contributed by atoms with Crippen LogP contribution in [0.2, 0.25) is 0 Å². The molecule has 0 aromatic heterocycles. The zero-order valence-electron chi connectivity index (χ0n) is 9.10. The van der Waals surface area contributed by atoms with Crippen LogP contribution in [-0.2, 0) is 20.0 Å². The number of hydrogen-bond acceptors (Lipinski definition) is 3. The summed E-state index contributed by atoms with van der Waals surface area (Å²) in [7, 11) is -3.64. The lowest BCUT2D eigenvalue weighted by Gasteiger charge is -2.15. The number of carboxylic acids is 1. The van der Waals surface area contributed by atoms with Crippen LogP contribution in [-0.4, -0.2) is 25.7 Å². The predicted molar refractivity (Wildman–Crippen MR) is 58.1 cm³/mol. The van der Waals surface area contributed by atoms with Gasteiger partial charge in [0, 0.05) is 11.8 Å². The number of carbonyl (C=O) groups is 1. The maximum absolute atomic E-state index is 13.7. The van der Waals surface area contributed by atoms with Gasteiger partial charge in [0.15, 0.2) is 9.84 Å². The molecule has 1 aliphatic rings. The molecule has 1 aliphatic carbocycles. The van der Waals surface area contributed by atoms with E-state index in [2.05, 4.69) is 0 Å². The van der Waals surface area contributed by atoms with Gasteiger partial charge < -0.3 is 5.11 Å². The summed E-state index contributed by atoms with van der Waals surface area (Å²) in [5.41, 5.74) is -1.56. The van der Waals surface area contributed by atoms with Gasteiger partial charge >= 0.3 is 5.97 Å². The average molecular weight is 258 g/mol. The molecule has 0 saturated heterocycles. The van der Waals surface area contributed by atoms with Crippen LogP contribution in [0.4, 0.5) is 4.39 Å². The monoisotopic (exact) mass is 258 g/mol. The molecule has 0 radical (unpaired) electrons. The number of carboxylic acid groups (broad SMARTS) is 1. The Morgan fingerprint density at radius 2 is 2.00 bits per heavy atom. The first kappa shape index (κ1) is 12.0. The van der Waals surface area contributed by atoms with E-state index in [1.165, 1.54) is 12.1 Å². The highest BCUT2D eigenvalue weighted by Gasteiger charge is 2.55. The molecule has 17 heavy (non-hydrogen) atoms. The molecule has 0 amide bonds. The van der Waals surface area contributed by atoms with E-state index < -0.39 is 27.0 Å². The highest BCUT2D eigenvalue weighted by atomic mass is 32.2. The van der Waals surface area contributed by atoms with Crippen molar-refractivity contribution in [3.63, 3.8) is 0 Å². The fraction of sp³-hybridized carbons (Fsp3) is 0.364. The Balaban J connectivity index is 2.74. The number of hydrogen-bond donors (Lipinski definition) is 1. The van der Waals surface area contributed by atoms with Crippen molar-refractivity contribution in [2.24, 2.45) is 0 Å². The maximum atomic E-state index is 13.7. The molecule has 1 aromatic rings. The van der Waals surface area contributed by atoms with E-state index in [1.807, 2.05) is 0 Å². The summed E-state index contributed by atoms with van der Waals surface area (Å²) in [6, 6.07) is 3.61. The van der Waals surface area contributed by atoms with Crippen molar-refractivity contribution >= 4 is 15.8 Å². The number of rotatable bonds is 3. The Hall–Kier alpha value is -1.43. The van der Waals surface area contributed by atoms with Gasteiger partial charge in [-0.3, -0.25) is 4.79 Å². The summed E-state index contributed by atoms with van der Waals surface area (Å²) in [5.74, 6) is -1.94. The topological polar surface area (TPSA) is 71.4 Å².